The third-order valence-corrected chi connectivity index (χ3v) is 6.50. The van der Waals surface area contributed by atoms with Crippen molar-refractivity contribution in [2.24, 2.45) is 0 Å². The predicted octanol–water partition coefficient (Wildman–Crippen LogP) is 6.75. The Morgan fingerprint density at radius 3 is 2.13 bits per heavy atom. The highest BCUT2D eigenvalue weighted by Gasteiger charge is 2.12. The van der Waals surface area contributed by atoms with Crippen molar-refractivity contribution in [2.45, 2.75) is 6.92 Å². The van der Waals surface area contributed by atoms with Gasteiger partial charge in [-0.2, -0.15) is 0 Å². The molecule has 0 atom stereocenters. The van der Waals surface area contributed by atoms with Crippen LogP contribution in [0.5, 0.6) is 11.5 Å². The van der Waals surface area contributed by atoms with E-state index in [2.05, 4.69) is 60.0 Å². The van der Waals surface area contributed by atoms with E-state index in [1.807, 2.05) is 30.3 Å². The molecule has 0 saturated carbocycles. The first-order chi connectivity index (χ1) is 15.2. The molecule has 2 heterocycles. The number of thiazole rings is 1. The van der Waals surface area contributed by atoms with E-state index in [1.54, 1.807) is 25.6 Å². The summed E-state index contributed by atoms with van der Waals surface area (Å²) in [4.78, 5) is 4.79. The molecule has 0 spiro atoms. The van der Waals surface area contributed by atoms with Crippen LogP contribution in [0.25, 0.3) is 37.7 Å². The fourth-order valence-corrected chi connectivity index (χ4v) is 4.78. The van der Waals surface area contributed by atoms with Gasteiger partial charge in [-0.15, -0.1) is 11.3 Å². The van der Waals surface area contributed by atoms with Crippen LogP contribution >= 0.6 is 11.3 Å². The molecule has 0 N–H and O–H groups in total. The van der Waals surface area contributed by atoms with Crippen molar-refractivity contribution in [3.8, 4) is 39.0 Å². The molecule has 5 rings (SSSR count). The lowest BCUT2D eigenvalue weighted by Gasteiger charge is -2.13. The van der Waals surface area contributed by atoms with Gasteiger partial charge in [-0.25, -0.2) is 4.98 Å². The Kier molecular flexibility index (Phi) is 4.96. The van der Waals surface area contributed by atoms with E-state index >= 15 is 0 Å². The van der Waals surface area contributed by atoms with Crippen LogP contribution in [0.15, 0.2) is 78.9 Å². The van der Waals surface area contributed by atoms with Crippen molar-refractivity contribution in [1.29, 1.82) is 0 Å². The fraction of sp³-hybridized carbons (Fsp3) is 0.115. The first kappa shape index (κ1) is 19.4. The number of nitrogens with zero attached hydrogens (tertiary/aromatic N) is 2. The largest absolute Gasteiger partial charge is 0.497 e. The molecule has 5 aromatic rings. The molecule has 0 fully saturated rings. The first-order valence-corrected chi connectivity index (χ1v) is 10.9. The van der Waals surface area contributed by atoms with Crippen molar-refractivity contribution >= 4 is 21.6 Å². The number of aryl methyl sites for hydroxylation is 1. The van der Waals surface area contributed by atoms with E-state index in [0.29, 0.717) is 0 Å². The molecule has 4 nitrogen and oxygen atoms in total. The number of rotatable bonds is 5. The zero-order valence-corrected chi connectivity index (χ0v) is 18.4. The van der Waals surface area contributed by atoms with Crippen LogP contribution in [0.4, 0.5) is 0 Å². The third kappa shape index (κ3) is 3.57. The summed E-state index contributed by atoms with van der Waals surface area (Å²) < 4.78 is 14.0. The summed E-state index contributed by atoms with van der Waals surface area (Å²) >= 11 is 1.68. The number of fused-ring (bicyclic) bond motifs is 1. The molecule has 0 saturated heterocycles. The molecule has 0 amide bonds. The van der Waals surface area contributed by atoms with Crippen LogP contribution < -0.4 is 9.47 Å². The van der Waals surface area contributed by atoms with Crippen molar-refractivity contribution in [3.05, 3.63) is 84.6 Å². The van der Waals surface area contributed by atoms with E-state index in [1.165, 1.54) is 5.69 Å². The second-order valence-electron chi connectivity index (χ2n) is 7.32. The van der Waals surface area contributed by atoms with E-state index in [0.717, 1.165) is 49.2 Å². The van der Waals surface area contributed by atoms with Crippen molar-refractivity contribution in [1.82, 2.24) is 9.55 Å². The van der Waals surface area contributed by atoms with Gasteiger partial charge in [0, 0.05) is 16.9 Å². The van der Waals surface area contributed by atoms with Crippen molar-refractivity contribution < 1.29 is 9.47 Å². The van der Waals surface area contributed by atoms with E-state index < -0.39 is 0 Å². The number of methoxy groups -OCH3 is 2. The zero-order valence-electron chi connectivity index (χ0n) is 17.6. The molecule has 5 heteroatoms. The molecule has 0 unspecified atom stereocenters. The van der Waals surface area contributed by atoms with Gasteiger partial charge in [0.05, 0.1) is 30.1 Å². The molecule has 0 bridgehead atoms. The topological polar surface area (TPSA) is 36.3 Å². The zero-order chi connectivity index (χ0) is 21.4. The Morgan fingerprint density at radius 1 is 0.742 bits per heavy atom. The highest BCUT2D eigenvalue weighted by molar-refractivity contribution is 7.21. The first-order valence-electron chi connectivity index (χ1n) is 10.0. The standard InChI is InChI=1S/C26H22N2O2S/c1-17-4-15-24(18-7-11-21(29-2)12-8-18)28(17)20-9-5-19(6-10-20)26-27-23-14-13-22(30-3)16-25(23)31-26/h4-16H,1-3H3. The summed E-state index contributed by atoms with van der Waals surface area (Å²) in [6.07, 6.45) is 0. The van der Waals surface area contributed by atoms with Gasteiger partial charge in [-0.3, -0.25) is 0 Å². The van der Waals surface area contributed by atoms with Crippen LogP contribution in [0.2, 0.25) is 0 Å². The van der Waals surface area contributed by atoms with Gasteiger partial charge in [0.25, 0.3) is 0 Å². The number of aromatic nitrogens is 2. The van der Waals surface area contributed by atoms with Crippen molar-refractivity contribution in [3.63, 3.8) is 0 Å². The Hall–Kier alpha value is -3.57. The number of hydrogen-bond acceptors (Lipinski definition) is 4. The molecule has 0 aliphatic rings. The Balaban J connectivity index is 1.50. The van der Waals surface area contributed by atoms with Crippen LogP contribution in [0, 0.1) is 6.92 Å². The van der Waals surface area contributed by atoms with E-state index in [9.17, 15) is 0 Å². The van der Waals surface area contributed by atoms with Crippen LogP contribution in [-0.4, -0.2) is 23.8 Å². The third-order valence-electron chi connectivity index (χ3n) is 5.43. The van der Waals surface area contributed by atoms with E-state index in [-0.39, 0.29) is 0 Å². The van der Waals surface area contributed by atoms with Crippen LogP contribution in [0.3, 0.4) is 0 Å². The molecule has 0 aliphatic carbocycles. The van der Waals surface area contributed by atoms with E-state index in [4.69, 9.17) is 14.5 Å². The lowest BCUT2D eigenvalue weighted by molar-refractivity contribution is 0.415. The van der Waals surface area contributed by atoms with Gasteiger partial charge < -0.3 is 14.0 Å². The average molecular weight is 427 g/mol. The number of ether oxygens (including phenoxy) is 2. The summed E-state index contributed by atoms with van der Waals surface area (Å²) in [5, 5.41) is 1.01. The monoisotopic (exact) mass is 426 g/mol. The second-order valence-corrected chi connectivity index (χ2v) is 8.35. The lowest BCUT2D eigenvalue weighted by atomic mass is 10.1. The molecule has 2 aromatic heterocycles. The maximum absolute atomic E-state index is 5.34. The van der Waals surface area contributed by atoms with Gasteiger partial charge in [0.15, 0.2) is 0 Å². The van der Waals surface area contributed by atoms with Gasteiger partial charge in [-0.1, -0.05) is 0 Å². The van der Waals surface area contributed by atoms with Gasteiger partial charge in [0.1, 0.15) is 16.5 Å². The fourth-order valence-electron chi connectivity index (χ4n) is 3.78. The minimum absolute atomic E-state index is 0.854. The minimum Gasteiger partial charge on any atom is -0.497 e. The summed E-state index contributed by atoms with van der Waals surface area (Å²) in [6.45, 7) is 2.13. The molecule has 0 radical (unpaired) electrons. The van der Waals surface area contributed by atoms with Crippen molar-refractivity contribution in [2.75, 3.05) is 14.2 Å². The maximum Gasteiger partial charge on any atom is 0.124 e. The Bertz CT molecular complexity index is 1350. The number of hydrogen-bond donors (Lipinski definition) is 0. The highest BCUT2D eigenvalue weighted by Crippen LogP contribution is 2.34. The molecule has 3 aromatic carbocycles. The molecule has 0 aliphatic heterocycles. The van der Waals surface area contributed by atoms with Gasteiger partial charge in [-0.05, 0) is 91.3 Å². The summed E-state index contributed by atoms with van der Waals surface area (Å²) in [7, 11) is 3.37. The summed E-state index contributed by atoms with van der Waals surface area (Å²) in [5.74, 6) is 1.71. The van der Waals surface area contributed by atoms with Crippen LogP contribution in [-0.2, 0) is 0 Å². The predicted molar refractivity (Wildman–Crippen MR) is 128 cm³/mol. The average Bonchev–Trinajstić information content (AvgIpc) is 3.42. The molecular formula is C26H22N2O2S. The maximum atomic E-state index is 5.34. The SMILES string of the molecule is COc1ccc(-c2ccc(C)n2-c2ccc(-c3nc4ccc(OC)cc4s3)cc2)cc1. The second kappa shape index (κ2) is 7.93. The molecule has 154 valence electrons. The summed E-state index contributed by atoms with van der Waals surface area (Å²) in [6, 6.07) is 27.1. The van der Waals surface area contributed by atoms with Gasteiger partial charge in [0.2, 0.25) is 0 Å². The summed E-state index contributed by atoms with van der Waals surface area (Å²) in [5.41, 5.74) is 6.72. The Labute approximate surface area is 185 Å². The normalized spacial score (nSPS) is 11.1. The Morgan fingerprint density at radius 2 is 1.42 bits per heavy atom. The smallest absolute Gasteiger partial charge is 0.124 e. The van der Waals surface area contributed by atoms with Gasteiger partial charge >= 0.3 is 0 Å². The highest BCUT2D eigenvalue weighted by atomic mass is 32.1. The molecular weight excluding hydrogens is 404 g/mol. The number of benzene rings is 3. The van der Waals surface area contributed by atoms with Crippen LogP contribution in [0.1, 0.15) is 5.69 Å². The molecule has 31 heavy (non-hydrogen) atoms. The quantitative estimate of drug-likeness (QED) is 0.312. The lowest BCUT2D eigenvalue weighted by Crippen LogP contribution is -1.99. The minimum atomic E-state index is 0.854.